The van der Waals surface area contributed by atoms with Crippen LogP contribution in [-0.4, -0.2) is 39.4 Å². The zero-order chi connectivity index (χ0) is 19.6. The summed E-state index contributed by atoms with van der Waals surface area (Å²) in [5, 5.41) is 17.7. The van der Waals surface area contributed by atoms with Crippen molar-refractivity contribution in [3.8, 4) is 0 Å². The summed E-state index contributed by atoms with van der Waals surface area (Å²) in [6, 6.07) is 0. The highest BCUT2D eigenvalue weighted by atomic mass is 35.5. The first-order valence-electron chi connectivity index (χ1n) is 7.25. The van der Waals surface area contributed by atoms with Crippen LogP contribution in [0.2, 0.25) is 5.02 Å². The second-order valence-electron chi connectivity index (χ2n) is 5.29. The normalized spacial score (nSPS) is 12.1. The van der Waals surface area contributed by atoms with Gasteiger partial charge in [-0.3, -0.25) is 0 Å². The molecule has 0 fully saturated rings. The molecule has 2 aromatic heterocycles. The molecule has 26 heavy (non-hydrogen) atoms. The van der Waals surface area contributed by atoms with E-state index in [0.717, 1.165) is 0 Å². The van der Waals surface area contributed by atoms with Crippen LogP contribution in [-0.2, 0) is 16.6 Å². The van der Waals surface area contributed by atoms with Gasteiger partial charge in [-0.15, -0.1) is 0 Å². The second-order valence-corrected chi connectivity index (χ2v) is 7.41. The molecule has 0 aliphatic rings. The fraction of sp³-hybridized carbons (Fsp3) is 0.500. The van der Waals surface area contributed by atoms with Crippen molar-refractivity contribution in [3.63, 3.8) is 0 Å². The highest BCUT2D eigenvalue weighted by Crippen LogP contribution is 2.23. The topological polar surface area (TPSA) is 125 Å². The molecular formula is C12H15ClF2N6O4S. The molecule has 0 bridgehead atoms. The van der Waals surface area contributed by atoms with E-state index in [-0.39, 0.29) is 40.8 Å². The van der Waals surface area contributed by atoms with E-state index in [0.29, 0.717) is 4.68 Å². The lowest BCUT2D eigenvalue weighted by Crippen LogP contribution is -2.26. The number of nitrogens with zero attached hydrogens (tertiary/aromatic N) is 5. The molecule has 0 aromatic carbocycles. The van der Waals surface area contributed by atoms with E-state index in [1.54, 1.807) is 0 Å². The van der Waals surface area contributed by atoms with Crippen molar-refractivity contribution >= 4 is 27.4 Å². The van der Waals surface area contributed by atoms with Crippen LogP contribution in [0.1, 0.15) is 24.4 Å². The Morgan fingerprint density at radius 3 is 2.54 bits per heavy atom. The largest absolute Gasteiger partial charge is 0.408 e. The third-order valence-corrected chi connectivity index (χ3v) is 5.42. The number of aryl methyl sites for hydroxylation is 2. The Kier molecular flexibility index (Phi) is 5.93. The maximum absolute atomic E-state index is 12.8. The molecule has 0 aliphatic carbocycles. The van der Waals surface area contributed by atoms with Crippen molar-refractivity contribution in [1.82, 2.24) is 24.3 Å². The average molecular weight is 413 g/mol. The fourth-order valence-electron chi connectivity index (χ4n) is 2.37. The Morgan fingerprint density at radius 2 is 2.04 bits per heavy atom. The van der Waals surface area contributed by atoms with E-state index in [1.807, 2.05) is 0 Å². The predicted octanol–water partition coefficient (Wildman–Crippen LogP) is 2.02. The first kappa shape index (κ1) is 20.2. The highest BCUT2D eigenvalue weighted by molar-refractivity contribution is 7.89. The van der Waals surface area contributed by atoms with Crippen molar-refractivity contribution < 1.29 is 22.1 Å². The van der Waals surface area contributed by atoms with Crippen LogP contribution in [0, 0.1) is 24.0 Å². The average Bonchev–Trinajstić information content (AvgIpc) is 3.04. The molecule has 0 amide bonds. The molecule has 0 spiro atoms. The fourth-order valence-corrected chi connectivity index (χ4v) is 4.06. The molecule has 2 heterocycles. The molecule has 144 valence electrons. The Bertz CT molecular complexity index is 927. The summed E-state index contributed by atoms with van der Waals surface area (Å²) in [5.74, 6) is -0.488. The number of alkyl halides is 2. The molecule has 0 radical (unpaired) electrons. The molecule has 0 saturated heterocycles. The third-order valence-electron chi connectivity index (χ3n) is 3.44. The zero-order valence-corrected chi connectivity index (χ0v) is 15.3. The number of halogens is 3. The van der Waals surface area contributed by atoms with Gasteiger partial charge in [-0.25, -0.2) is 17.8 Å². The smallest absolute Gasteiger partial charge is 0.358 e. The lowest BCUT2D eigenvalue weighted by Gasteiger charge is -2.07. The summed E-state index contributed by atoms with van der Waals surface area (Å²) in [7, 11) is -4.04. The van der Waals surface area contributed by atoms with Crippen LogP contribution < -0.4 is 4.72 Å². The van der Waals surface area contributed by atoms with Crippen molar-refractivity contribution in [3.05, 3.63) is 32.7 Å². The van der Waals surface area contributed by atoms with Crippen LogP contribution in [0.3, 0.4) is 0 Å². The van der Waals surface area contributed by atoms with E-state index < -0.39 is 27.3 Å². The molecular weight excluding hydrogens is 398 g/mol. The molecule has 0 unspecified atom stereocenters. The minimum Gasteiger partial charge on any atom is -0.358 e. The number of aromatic nitrogens is 4. The van der Waals surface area contributed by atoms with E-state index in [2.05, 4.69) is 14.9 Å². The molecule has 1 N–H and O–H groups in total. The van der Waals surface area contributed by atoms with Gasteiger partial charge in [0.25, 0.3) is 0 Å². The first-order valence-corrected chi connectivity index (χ1v) is 9.11. The number of hydrogen-bond acceptors (Lipinski definition) is 6. The Balaban J connectivity index is 2.01. The lowest BCUT2D eigenvalue weighted by atomic mass is 10.4. The summed E-state index contributed by atoms with van der Waals surface area (Å²) in [6.07, 6.45) is 1.50. The predicted molar refractivity (Wildman–Crippen MR) is 86.7 cm³/mol. The van der Waals surface area contributed by atoms with Gasteiger partial charge in [-0.1, -0.05) is 11.6 Å². The van der Waals surface area contributed by atoms with Gasteiger partial charge < -0.3 is 10.1 Å². The quantitative estimate of drug-likeness (QED) is 0.401. The third kappa shape index (κ3) is 4.16. The van der Waals surface area contributed by atoms with Gasteiger partial charge >= 0.3 is 12.4 Å². The van der Waals surface area contributed by atoms with E-state index in [1.165, 1.54) is 24.7 Å². The van der Waals surface area contributed by atoms with Gasteiger partial charge in [0.05, 0.1) is 29.2 Å². The monoisotopic (exact) mass is 412 g/mol. The Labute approximate surface area is 151 Å². The molecule has 0 saturated carbocycles. The van der Waals surface area contributed by atoms with E-state index in [4.69, 9.17) is 11.6 Å². The number of nitro groups is 1. The van der Waals surface area contributed by atoms with Crippen LogP contribution in [0.15, 0.2) is 11.1 Å². The molecule has 10 nitrogen and oxygen atoms in total. The summed E-state index contributed by atoms with van der Waals surface area (Å²) in [6.45, 7) is -0.244. The van der Waals surface area contributed by atoms with Crippen LogP contribution in [0.5, 0.6) is 0 Å². The van der Waals surface area contributed by atoms with Crippen molar-refractivity contribution in [2.75, 3.05) is 6.54 Å². The zero-order valence-electron chi connectivity index (χ0n) is 13.7. The van der Waals surface area contributed by atoms with Gasteiger partial charge in [0.15, 0.2) is 5.02 Å². The Hall–Kier alpha value is -2.12. The summed E-state index contributed by atoms with van der Waals surface area (Å²) >= 11 is 5.66. The van der Waals surface area contributed by atoms with Crippen LogP contribution in [0.4, 0.5) is 14.6 Å². The number of sulfonamides is 1. The van der Waals surface area contributed by atoms with Crippen molar-refractivity contribution in [2.24, 2.45) is 0 Å². The number of rotatable bonds is 8. The number of nitrogens with one attached hydrogen (secondary N) is 1. The standard InChI is InChI=1S/C12H15ClF2N6O4S/c1-7-10(8(2)20(17-7)12(14)15)26(24,25)16-4-3-5-19-6-9(13)11(18-19)21(22)23/h6,12,16H,3-5H2,1-2H3. The maximum Gasteiger partial charge on any atom is 0.408 e. The van der Waals surface area contributed by atoms with Crippen molar-refractivity contribution in [1.29, 1.82) is 0 Å². The summed E-state index contributed by atoms with van der Waals surface area (Å²) in [5.41, 5.74) is -0.204. The molecule has 2 rings (SSSR count). The second kappa shape index (κ2) is 7.63. The molecule has 14 heteroatoms. The highest BCUT2D eigenvalue weighted by Gasteiger charge is 2.26. The molecule has 0 aliphatic heterocycles. The minimum absolute atomic E-state index is 0.0354. The van der Waals surface area contributed by atoms with E-state index >= 15 is 0 Å². The van der Waals surface area contributed by atoms with Crippen LogP contribution >= 0.6 is 11.6 Å². The lowest BCUT2D eigenvalue weighted by molar-refractivity contribution is -0.389. The Morgan fingerprint density at radius 1 is 1.38 bits per heavy atom. The van der Waals surface area contributed by atoms with Gasteiger partial charge in [-0.2, -0.15) is 18.6 Å². The molecule has 2 aromatic rings. The van der Waals surface area contributed by atoms with Gasteiger partial charge in [0, 0.05) is 6.54 Å². The van der Waals surface area contributed by atoms with Gasteiger partial charge in [0.1, 0.15) is 4.90 Å². The van der Waals surface area contributed by atoms with Gasteiger partial charge in [-0.05, 0) is 25.2 Å². The minimum atomic E-state index is -4.04. The molecule has 0 atom stereocenters. The summed E-state index contributed by atoms with van der Waals surface area (Å²) < 4.78 is 54.1. The van der Waals surface area contributed by atoms with Gasteiger partial charge in [0.2, 0.25) is 10.0 Å². The SMILES string of the molecule is Cc1nn(C(F)F)c(C)c1S(=O)(=O)NCCCn1cc(Cl)c([N+](=O)[O-])n1. The van der Waals surface area contributed by atoms with E-state index in [9.17, 15) is 27.3 Å². The maximum atomic E-state index is 12.8. The van der Waals surface area contributed by atoms with Crippen LogP contribution in [0.25, 0.3) is 0 Å². The number of hydrogen-bond donors (Lipinski definition) is 1. The summed E-state index contributed by atoms with van der Waals surface area (Å²) in [4.78, 5) is 9.64. The first-order chi connectivity index (χ1) is 12.0. The van der Waals surface area contributed by atoms with Crippen molar-refractivity contribution in [2.45, 2.75) is 38.3 Å².